The summed E-state index contributed by atoms with van der Waals surface area (Å²) in [5.41, 5.74) is 0.832. The first-order valence-electron chi connectivity index (χ1n) is 9.44. The van der Waals surface area contributed by atoms with Crippen LogP contribution in [0.3, 0.4) is 0 Å². The second-order valence-electron chi connectivity index (χ2n) is 7.48. The van der Waals surface area contributed by atoms with E-state index in [-0.39, 0.29) is 0 Å². The Bertz CT molecular complexity index is 701. The van der Waals surface area contributed by atoms with Crippen molar-refractivity contribution in [1.29, 1.82) is 0 Å². The number of aromatic nitrogens is 4. The van der Waals surface area contributed by atoms with Crippen LogP contribution in [0.4, 0.5) is 5.82 Å². The molecule has 4 rings (SSSR count). The predicted octanol–water partition coefficient (Wildman–Crippen LogP) is 1.94. The molecular formula is C18H28N6O. The zero-order valence-electron chi connectivity index (χ0n) is 15.3. The van der Waals surface area contributed by atoms with Gasteiger partial charge in [0.05, 0.1) is 6.10 Å². The molecule has 2 aromatic rings. The number of hydrogen-bond acceptors (Lipinski definition) is 6. The van der Waals surface area contributed by atoms with Gasteiger partial charge in [-0.25, -0.2) is 0 Å². The van der Waals surface area contributed by atoms with Crippen LogP contribution in [0.5, 0.6) is 0 Å². The van der Waals surface area contributed by atoms with Gasteiger partial charge in [0, 0.05) is 33.2 Å². The van der Waals surface area contributed by atoms with Crippen LogP contribution in [-0.4, -0.2) is 71.2 Å². The van der Waals surface area contributed by atoms with Crippen LogP contribution in [-0.2, 0) is 4.74 Å². The zero-order valence-corrected chi connectivity index (χ0v) is 15.3. The minimum atomic E-state index is 0.434. The first kappa shape index (κ1) is 16.7. The van der Waals surface area contributed by atoms with Gasteiger partial charge in [-0.3, -0.25) is 0 Å². The second-order valence-corrected chi connectivity index (χ2v) is 7.48. The Morgan fingerprint density at radius 2 is 1.96 bits per heavy atom. The van der Waals surface area contributed by atoms with E-state index in [0.29, 0.717) is 12.0 Å². The van der Waals surface area contributed by atoms with E-state index in [4.69, 9.17) is 9.84 Å². The van der Waals surface area contributed by atoms with Crippen molar-refractivity contribution in [2.45, 2.75) is 44.1 Å². The summed E-state index contributed by atoms with van der Waals surface area (Å²) in [6, 6.07) is 3.98. The van der Waals surface area contributed by atoms with Gasteiger partial charge in [0.15, 0.2) is 11.5 Å². The largest absolute Gasteiger partial charge is 0.377 e. The molecule has 1 atom stereocenters. The van der Waals surface area contributed by atoms with Crippen LogP contribution in [0.15, 0.2) is 12.1 Å². The van der Waals surface area contributed by atoms with Crippen molar-refractivity contribution in [3.8, 4) is 0 Å². The van der Waals surface area contributed by atoms with Crippen LogP contribution in [0.1, 0.15) is 43.8 Å². The van der Waals surface area contributed by atoms with Crippen molar-refractivity contribution in [1.82, 2.24) is 24.7 Å². The number of likely N-dealkylation sites (tertiary alicyclic amines) is 1. The summed E-state index contributed by atoms with van der Waals surface area (Å²) < 4.78 is 7.82. The van der Waals surface area contributed by atoms with E-state index < -0.39 is 0 Å². The molecule has 0 spiro atoms. The van der Waals surface area contributed by atoms with Crippen LogP contribution in [0.25, 0.3) is 5.65 Å². The quantitative estimate of drug-likeness (QED) is 0.845. The highest BCUT2D eigenvalue weighted by atomic mass is 16.5. The lowest BCUT2D eigenvalue weighted by Gasteiger charge is -2.34. The van der Waals surface area contributed by atoms with E-state index in [1.165, 1.54) is 19.3 Å². The first-order chi connectivity index (χ1) is 12.2. The lowest BCUT2D eigenvalue weighted by molar-refractivity contribution is -0.00965. The van der Waals surface area contributed by atoms with Gasteiger partial charge in [-0.15, -0.1) is 15.3 Å². The highest BCUT2D eigenvalue weighted by Crippen LogP contribution is 2.28. The molecule has 0 aromatic carbocycles. The van der Waals surface area contributed by atoms with Gasteiger partial charge in [0.1, 0.15) is 5.82 Å². The molecule has 0 bridgehead atoms. The fraction of sp³-hybridized carbons (Fsp3) is 0.722. The normalized spacial score (nSPS) is 23.2. The second kappa shape index (κ2) is 7.25. The molecule has 0 saturated carbocycles. The van der Waals surface area contributed by atoms with E-state index in [0.717, 1.165) is 56.4 Å². The van der Waals surface area contributed by atoms with E-state index >= 15 is 0 Å². The molecule has 136 valence electrons. The van der Waals surface area contributed by atoms with Crippen molar-refractivity contribution in [3.63, 3.8) is 0 Å². The van der Waals surface area contributed by atoms with E-state index in [1.54, 1.807) is 0 Å². The van der Waals surface area contributed by atoms with Crippen LogP contribution >= 0.6 is 0 Å². The fourth-order valence-electron chi connectivity index (χ4n) is 3.90. The Balaban J connectivity index is 1.42. The van der Waals surface area contributed by atoms with Crippen molar-refractivity contribution in [3.05, 3.63) is 18.0 Å². The fourth-order valence-corrected chi connectivity index (χ4v) is 3.90. The Morgan fingerprint density at radius 1 is 1.12 bits per heavy atom. The summed E-state index contributed by atoms with van der Waals surface area (Å²) in [5.74, 6) is 2.37. The lowest BCUT2D eigenvalue weighted by Crippen LogP contribution is -2.40. The summed E-state index contributed by atoms with van der Waals surface area (Å²) in [7, 11) is 4.01. The van der Waals surface area contributed by atoms with Gasteiger partial charge in [-0.05, 0) is 57.3 Å². The molecule has 0 radical (unpaired) electrons. The molecule has 7 nitrogen and oxygen atoms in total. The minimum Gasteiger partial charge on any atom is -0.377 e. The third-order valence-corrected chi connectivity index (χ3v) is 5.42. The summed E-state index contributed by atoms with van der Waals surface area (Å²) in [6.45, 7) is 4.22. The number of hydrogen-bond donors (Lipinski definition) is 0. The Labute approximate surface area is 149 Å². The smallest absolute Gasteiger partial charge is 0.178 e. The maximum Gasteiger partial charge on any atom is 0.178 e. The Kier molecular flexibility index (Phi) is 4.85. The molecule has 0 N–H and O–H groups in total. The molecule has 2 saturated heterocycles. The molecule has 7 heteroatoms. The number of nitrogens with zero attached hydrogens (tertiary/aromatic N) is 6. The maximum atomic E-state index is 5.89. The Hall–Kier alpha value is -1.73. The van der Waals surface area contributed by atoms with Gasteiger partial charge in [-0.2, -0.15) is 4.52 Å². The highest BCUT2D eigenvalue weighted by molar-refractivity contribution is 5.45. The molecule has 2 aromatic heterocycles. The molecule has 2 aliphatic heterocycles. The SMILES string of the molecule is CN(C)c1ccc2nnc(C3CCN(CC4CCCCO4)CC3)n2n1. The van der Waals surface area contributed by atoms with E-state index in [1.807, 2.05) is 35.6 Å². The van der Waals surface area contributed by atoms with Gasteiger partial charge in [0.2, 0.25) is 0 Å². The number of rotatable bonds is 4. The molecule has 1 unspecified atom stereocenters. The van der Waals surface area contributed by atoms with E-state index in [2.05, 4.69) is 15.1 Å². The van der Waals surface area contributed by atoms with Gasteiger partial charge in [-0.1, -0.05) is 0 Å². The van der Waals surface area contributed by atoms with Crippen molar-refractivity contribution in [2.24, 2.45) is 0 Å². The van der Waals surface area contributed by atoms with Crippen LogP contribution < -0.4 is 4.90 Å². The van der Waals surface area contributed by atoms with Crippen LogP contribution in [0.2, 0.25) is 0 Å². The van der Waals surface area contributed by atoms with Gasteiger partial charge in [0.25, 0.3) is 0 Å². The molecule has 2 fully saturated rings. The Morgan fingerprint density at radius 3 is 2.68 bits per heavy atom. The monoisotopic (exact) mass is 344 g/mol. The van der Waals surface area contributed by atoms with Crippen LogP contribution in [0, 0.1) is 0 Å². The number of ether oxygens (including phenoxy) is 1. The predicted molar refractivity (Wildman–Crippen MR) is 97.1 cm³/mol. The number of piperidine rings is 1. The topological polar surface area (TPSA) is 58.8 Å². The first-order valence-corrected chi connectivity index (χ1v) is 9.44. The third-order valence-electron chi connectivity index (χ3n) is 5.42. The summed E-state index contributed by atoms with van der Waals surface area (Å²) in [6.07, 6.45) is 6.41. The van der Waals surface area contributed by atoms with Crippen molar-refractivity contribution in [2.75, 3.05) is 45.2 Å². The zero-order chi connectivity index (χ0) is 17.2. The van der Waals surface area contributed by atoms with E-state index in [9.17, 15) is 0 Å². The average molecular weight is 344 g/mol. The standard InChI is InChI=1S/C18H28N6O/c1-22(2)17-7-6-16-19-20-18(24(16)21-17)14-8-10-23(11-9-14)13-15-5-3-4-12-25-15/h6-7,14-15H,3-5,8-13H2,1-2H3. The van der Waals surface area contributed by atoms with Gasteiger partial charge >= 0.3 is 0 Å². The average Bonchev–Trinajstić information content (AvgIpc) is 3.06. The lowest BCUT2D eigenvalue weighted by atomic mass is 9.95. The molecule has 2 aliphatic rings. The van der Waals surface area contributed by atoms with Gasteiger partial charge < -0.3 is 14.5 Å². The number of anilines is 1. The number of fused-ring (bicyclic) bond motifs is 1. The summed E-state index contributed by atoms with van der Waals surface area (Å²) in [4.78, 5) is 4.56. The highest BCUT2D eigenvalue weighted by Gasteiger charge is 2.27. The molecular weight excluding hydrogens is 316 g/mol. The summed E-state index contributed by atoms with van der Waals surface area (Å²) >= 11 is 0. The molecule has 0 aliphatic carbocycles. The molecule has 0 amide bonds. The van der Waals surface area contributed by atoms with Crippen molar-refractivity contribution >= 4 is 11.5 Å². The van der Waals surface area contributed by atoms with Crippen molar-refractivity contribution < 1.29 is 4.74 Å². The minimum absolute atomic E-state index is 0.434. The molecule has 25 heavy (non-hydrogen) atoms. The maximum absolute atomic E-state index is 5.89. The molecule has 4 heterocycles. The third kappa shape index (κ3) is 3.62. The summed E-state index contributed by atoms with van der Waals surface area (Å²) in [5, 5.41) is 13.5.